The fraction of sp³-hybridized carbons (Fsp3) is 0. The van der Waals surface area contributed by atoms with Gasteiger partial charge in [0.05, 0.1) is 0 Å². The normalized spacial score (nSPS) is 10.1. The van der Waals surface area contributed by atoms with E-state index in [9.17, 15) is 9.59 Å². The molecule has 2 amide bonds. The first-order valence-electron chi connectivity index (χ1n) is 4.30. The number of amides is 2. The first-order chi connectivity index (χ1) is 7.58. The van der Waals surface area contributed by atoms with Crippen LogP contribution in [0.2, 0.25) is 0 Å². The van der Waals surface area contributed by atoms with Crippen molar-refractivity contribution in [2.45, 2.75) is 0 Å². The van der Waals surface area contributed by atoms with E-state index in [1.54, 1.807) is 12.1 Å². The van der Waals surface area contributed by atoms with E-state index in [-0.39, 0.29) is 0 Å². The number of nitrogens with one attached hydrogen (secondary N) is 2. The summed E-state index contributed by atoms with van der Waals surface area (Å²) in [5.74, 6) is -1.12. The molecule has 1 aromatic carbocycles. The van der Waals surface area contributed by atoms with Gasteiger partial charge in [0, 0.05) is 21.5 Å². The Morgan fingerprint density at radius 2 is 1.88 bits per heavy atom. The first kappa shape index (κ1) is 12.5. The number of aliphatic carboxylic acids is 1. The van der Waals surface area contributed by atoms with Crippen molar-refractivity contribution in [1.82, 2.24) is 5.32 Å². The largest absolute Gasteiger partial charge is 0.478 e. The Morgan fingerprint density at radius 3 is 2.44 bits per heavy atom. The third kappa shape index (κ3) is 4.78. The average Bonchev–Trinajstić information content (AvgIpc) is 2.21. The second-order valence-electron chi connectivity index (χ2n) is 2.78. The van der Waals surface area contributed by atoms with E-state index >= 15 is 0 Å². The molecule has 0 aliphatic heterocycles. The van der Waals surface area contributed by atoms with Crippen LogP contribution in [0.25, 0.3) is 0 Å². The molecule has 0 atom stereocenters. The van der Waals surface area contributed by atoms with E-state index in [1.165, 1.54) is 0 Å². The minimum Gasteiger partial charge on any atom is -0.478 e. The molecule has 3 N–H and O–H groups in total. The van der Waals surface area contributed by atoms with E-state index in [2.05, 4.69) is 33.2 Å². The van der Waals surface area contributed by atoms with E-state index in [0.717, 1.165) is 15.8 Å². The molecule has 1 aromatic rings. The predicted molar refractivity (Wildman–Crippen MR) is 68.1 cm³/mol. The summed E-state index contributed by atoms with van der Waals surface area (Å²) in [6, 6.07) is 6.72. The minimum atomic E-state index is -1.12. The maximum absolute atomic E-state index is 11.2. The Morgan fingerprint density at radius 1 is 1.25 bits per heavy atom. The molecule has 0 bridgehead atoms. The van der Waals surface area contributed by atoms with Crippen molar-refractivity contribution >= 4 is 40.3 Å². The SMILES string of the molecule is O=C(O)/C=C/NC(=O)Nc1ccc(I)cc1. The number of carbonyl (C=O) groups excluding carboxylic acids is 1. The summed E-state index contributed by atoms with van der Waals surface area (Å²) in [5, 5.41) is 13.1. The molecule has 0 saturated heterocycles. The number of benzene rings is 1. The number of halogens is 1. The maximum Gasteiger partial charge on any atom is 0.329 e. The van der Waals surface area contributed by atoms with Crippen LogP contribution in [0.4, 0.5) is 10.5 Å². The molecule has 16 heavy (non-hydrogen) atoms. The number of anilines is 1. The lowest BCUT2D eigenvalue weighted by molar-refractivity contribution is -0.131. The van der Waals surface area contributed by atoms with E-state index in [1.807, 2.05) is 12.1 Å². The fourth-order valence-corrected chi connectivity index (χ4v) is 1.25. The summed E-state index contributed by atoms with van der Waals surface area (Å²) < 4.78 is 1.06. The highest BCUT2D eigenvalue weighted by Gasteiger charge is 1.98. The number of urea groups is 1. The van der Waals surface area contributed by atoms with Gasteiger partial charge in [-0.15, -0.1) is 0 Å². The molecule has 0 radical (unpaired) electrons. The summed E-state index contributed by atoms with van der Waals surface area (Å²) in [5.41, 5.74) is 0.640. The minimum absolute atomic E-state index is 0.487. The van der Waals surface area contributed by atoms with Crippen LogP contribution >= 0.6 is 22.6 Å². The highest BCUT2D eigenvalue weighted by atomic mass is 127. The van der Waals surface area contributed by atoms with Gasteiger partial charge in [-0.05, 0) is 46.9 Å². The Bertz CT molecular complexity index is 415. The van der Waals surface area contributed by atoms with E-state index < -0.39 is 12.0 Å². The lowest BCUT2D eigenvalue weighted by atomic mass is 10.3. The summed E-state index contributed by atoms with van der Waals surface area (Å²) >= 11 is 2.16. The molecule has 1 rings (SSSR count). The quantitative estimate of drug-likeness (QED) is 0.585. The Kier molecular flexibility index (Phi) is 4.77. The van der Waals surface area contributed by atoms with Crippen LogP contribution in [0.15, 0.2) is 36.5 Å². The molecule has 6 heteroatoms. The smallest absolute Gasteiger partial charge is 0.329 e. The lowest BCUT2D eigenvalue weighted by Gasteiger charge is -2.03. The van der Waals surface area contributed by atoms with Crippen molar-refractivity contribution in [1.29, 1.82) is 0 Å². The first-order valence-corrected chi connectivity index (χ1v) is 5.38. The van der Waals surface area contributed by atoms with Gasteiger partial charge in [0.15, 0.2) is 0 Å². The van der Waals surface area contributed by atoms with Gasteiger partial charge in [0.1, 0.15) is 0 Å². The highest BCUT2D eigenvalue weighted by molar-refractivity contribution is 14.1. The molecular formula is C10H9IN2O3. The van der Waals surface area contributed by atoms with Crippen LogP contribution in [-0.4, -0.2) is 17.1 Å². The number of hydrogen-bond acceptors (Lipinski definition) is 2. The fourth-order valence-electron chi connectivity index (χ4n) is 0.889. The van der Waals surface area contributed by atoms with Gasteiger partial charge < -0.3 is 15.7 Å². The predicted octanol–water partition coefficient (Wildman–Crippen LogP) is 2.01. The molecule has 84 valence electrons. The van der Waals surface area contributed by atoms with Crippen molar-refractivity contribution < 1.29 is 14.7 Å². The molecule has 0 aromatic heterocycles. The topological polar surface area (TPSA) is 78.4 Å². The van der Waals surface area contributed by atoms with Gasteiger partial charge in [0.25, 0.3) is 0 Å². The molecule has 5 nitrogen and oxygen atoms in total. The van der Waals surface area contributed by atoms with E-state index in [4.69, 9.17) is 5.11 Å². The summed E-state index contributed by atoms with van der Waals surface area (Å²) in [7, 11) is 0. The standard InChI is InChI=1S/C10H9IN2O3/c11-7-1-3-8(4-2-7)13-10(16)12-6-5-9(14)15/h1-6H,(H,14,15)(H2,12,13,16)/b6-5+. The van der Waals surface area contributed by atoms with Crippen LogP contribution in [0.1, 0.15) is 0 Å². The second kappa shape index (κ2) is 6.11. The molecule has 0 unspecified atom stereocenters. The zero-order valence-electron chi connectivity index (χ0n) is 8.11. The average molecular weight is 332 g/mol. The Hall–Kier alpha value is -1.57. The van der Waals surface area contributed by atoms with Crippen LogP contribution in [0.5, 0.6) is 0 Å². The Balaban J connectivity index is 2.45. The van der Waals surface area contributed by atoms with Crippen molar-refractivity contribution in [2.24, 2.45) is 0 Å². The highest BCUT2D eigenvalue weighted by Crippen LogP contribution is 2.10. The van der Waals surface area contributed by atoms with Gasteiger partial charge >= 0.3 is 12.0 Å². The van der Waals surface area contributed by atoms with Crippen molar-refractivity contribution in [3.05, 3.63) is 40.1 Å². The van der Waals surface area contributed by atoms with Crippen LogP contribution in [0.3, 0.4) is 0 Å². The maximum atomic E-state index is 11.2. The number of carboxylic acid groups (broad SMARTS) is 1. The summed E-state index contributed by atoms with van der Waals surface area (Å²) in [4.78, 5) is 21.3. The third-order valence-electron chi connectivity index (χ3n) is 1.54. The third-order valence-corrected chi connectivity index (χ3v) is 2.26. The van der Waals surface area contributed by atoms with Crippen LogP contribution in [-0.2, 0) is 4.79 Å². The molecule has 0 saturated carbocycles. The van der Waals surface area contributed by atoms with Crippen LogP contribution < -0.4 is 10.6 Å². The van der Waals surface area contributed by atoms with Gasteiger partial charge in [-0.25, -0.2) is 9.59 Å². The molecule has 0 heterocycles. The molecular weight excluding hydrogens is 323 g/mol. The number of hydrogen-bond donors (Lipinski definition) is 3. The van der Waals surface area contributed by atoms with Gasteiger partial charge in [-0.2, -0.15) is 0 Å². The zero-order valence-corrected chi connectivity index (χ0v) is 10.3. The van der Waals surface area contributed by atoms with E-state index in [0.29, 0.717) is 5.69 Å². The zero-order chi connectivity index (χ0) is 12.0. The number of rotatable bonds is 3. The molecule has 0 spiro atoms. The number of carbonyl (C=O) groups is 2. The lowest BCUT2D eigenvalue weighted by Crippen LogP contribution is -2.24. The van der Waals surface area contributed by atoms with Crippen molar-refractivity contribution in [3.8, 4) is 0 Å². The Labute approximate surface area is 106 Å². The van der Waals surface area contributed by atoms with Gasteiger partial charge in [-0.1, -0.05) is 0 Å². The molecule has 0 aliphatic rings. The monoisotopic (exact) mass is 332 g/mol. The van der Waals surface area contributed by atoms with Crippen molar-refractivity contribution in [3.63, 3.8) is 0 Å². The second-order valence-corrected chi connectivity index (χ2v) is 4.02. The summed E-state index contributed by atoms with van der Waals surface area (Å²) in [6.07, 6.45) is 1.90. The summed E-state index contributed by atoms with van der Waals surface area (Å²) in [6.45, 7) is 0. The van der Waals surface area contributed by atoms with Crippen molar-refractivity contribution in [2.75, 3.05) is 5.32 Å². The molecule has 0 fully saturated rings. The van der Waals surface area contributed by atoms with Crippen LogP contribution in [0, 0.1) is 3.57 Å². The molecule has 0 aliphatic carbocycles. The number of carboxylic acids is 1. The van der Waals surface area contributed by atoms with Gasteiger partial charge in [0.2, 0.25) is 0 Å². The van der Waals surface area contributed by atoms with Gasteiger partial charge in [-0.3, -0.25) is 0 Å².